The fourth-order valence-electron chi connectivity index (χ4n) is 1.98. The summed E-state index contributed by atoms with van der Waals surface area (Å²) in [6, 6.07) is 2.08. The third-order valence-electron chi connectivity index (χ3n) is 3.57. The summed E-state index contributed by atoms with van der Waals surface area (Å²) < 4.78 is 13.2. The monoisotopic (exact) mass is 308 g/mol. The van der Waals surface area contributed by atoms with E-state index in [1.807, 2.05) is 17.6 Å². The molecular formula is C15H24N4OS. The van der Waals surface area contributed by atoms with Gasteiger partial charge in [0.1, 0.15) is 5.52 Å². The molecule has 0 aliphatic heterocycles. The quantitative estimate of drug-likeness (QED) is 0.922. The molecule has 0 fully saturated rings. The highest BCUT2D eigenvalue weighted by atomic mass is 32.2. The average molecular weight is 308 g/mol. The van der Waals surface area contributed by atoms with Crippen LogP contribution in [0.15, 0.2) is 18.5 Å². The number of nitrogens with zero attached hydrogens (tertiary/aromatic N) is 3. The van der Waals surface area contributed by atoms with Crippen molar-refractivity contribution >= 4 is 22.1 Å². The summed E-state index contributed by atoms with van der Waals surface area (Å²) >= 11 is 0. The van der Waals surface area contributed by atoms with Gasteiger partial charge < -0.3 is 5.32 Å². The molecule has 2 unspecified atom stereocenters. The van der Waals surface area contributed by atoms with E-state index in [1.165, 1.54) is 0 Å². The van der Waals surface area contributed by atoms with E-state index in [0.717, 1.165) is 30.0 Å². The molecule has 0 radical (unpaired) electrons. The van der Waals surface area contributed by atoms with Crippen molar-refractivity contribution in [3.63, 3.8) is 0 Å². The second kappa shape index (κ2) is 6.13. The molecule has 1 N–H and O–H groups in total. The molecular weight excluding hydrogens is 284 g/mol. The molecule has 0 amide bonds. The highest BCUT2D eigenvalue weighted by Gasteiger charge is 2.19. The molecule has 2 aromatic heterocycles. The molecule has 6 heteroatoms. The first kappa shape index (κ1) is 15.9. The standard InChI is InChI=1S/C15H24N4OS/c1-11(21(5)20)6-7-16-14-12-10-13(15(2,3)4)18-19(12)9-8-17-14/h8-11H,6-7H2,1-5H3,(H,16,17). The number of hydrogen-bond donors (Lipinski definition) is 1. The zero-order chi connectivity index (χ0) is 15.6. The normalized spacial score (nSPS) is 15.1. The zero-order valence-corrected chi connectivity index (χ0v) is 14.2. The lowest BCUT2D eigenvalue weighted by Crippen LogP contribution is -2.15. The number of hydrogen-bond acceptors (Lipinski definition) is 4. The van der Waals surface area contributed by atoms with Crippen molar-refractivity contribution in [2.45, 2.75) is 44.8 Å². The summed E-state index contributed by atoms with van der Waals surface area (Å²) in [5.74, 6) is 0.828. The van der Waals surface area contributed by atoms with Gasteiger partial charge in [-0.15, -0.1) is 0 Å². The number of anilines is 1. The number of fused-ring (bicyclic) bond motifs is 1. The van der Waals surface area contributed by atoms with Gasteiger partial charge in [0.2, 0.25) is 0 Å². The Morgan fingerprint density at radius 3 is 2.76 bits per heavy atom. The van der Waals surface area contributed by atoms with Crippen LogP contribution in [0.2, 0.25) is 0 Å². The summed E-state index contributed by atoms with van der Waals surface area (Å²) in [4.78, 5) is 4.40. The van der Waals surface area contributed by atoms with Crippen LogP contribution in [0, 0.1) is 0 Å². The van der Waals surface area contributed by atoms with E-state index in [0.29, 0.717) is 0 Å². The lowest BCUT2D eigenvalue weighted by molar-refractivity contribution is 0.562. The van der Waals surface area contributed by atoms with Crippen LogP contribution in [0.3, 0.4) is 0 Å². The Morgan fingerprint density at radius 1 is 1.43 bits per heavy atom. The van der Waals surface area contributed by atoms with Gasteiger partial charge >= 0.3 is 0 Å². The molecule has 0 aliphatic carbocycles. The van der Waals surface area contributed by atoms with Gasteiger partial charge in [-0.05, 0) is 12.5 Å². The van der Waals surface area contributed by atoms with Crippen molar-refractivity contribution in [3.05, 3.63) is 24.2 Å². The molecule has 116 valence electrons. The Bertz CT molecular complexity index is 645. The minimum Gasteiger partial charge on any atom is -0.368 e. The van der Waals surface area contributed by atoms with Gasteiger partial charge in [-0.3, -0.25) is 4.21 Å². The summed E-state index contributed by atoms with van der Waals surface area (Å²) in [5.41, 5.74) is 2.03. The highest BCUT2D eigenvalue weighted by molar-refractivity contribution is 7.84. The minimum atomic E-state index is -0.781. The van der Waals surface area contributed by atoms with Gasteiger partial charge in [-0.2, -0.15) is 5.10 Å². The topological polar surface area (TPSA) is 59.3 Å². The number of aromatic nitrogens is 3. The molecule has 2 heterocycles. The first-order valence-corrected chi connectivity index (χ1v) is 8.82. The van der Waals surface area contributed by atoms with Crippen molar-refractivity contribution in [1.82, 2.24) is 14.6 Å². The molecule has 0 aromatic carbocycles. The van der Waals surface area contributed by atoms with Crippen molar-refractivity contribution in [1.29, 1.82) is 0 Å². The molecule has 0 saturated carbocycles. The van der Waals surface area contributed by atoms with Gasteiger partial charge in [0, 0.05) is 46.7 Å². The van der Waals surface area contributed by atoms with Crippen LogP contribution in [0.25, 0.3) is 5.52 Å². The molecule has 2 rings (SSSR count). The first-order valence-electron chi connectivity index (χ1n) is 7.20. The van der Waals surface area contributed by atoms with E-state index in [1.54, 1.807) is 12.5 Å². The molecule has 0 aliphatic rings. The maximum atomic E-state index is 11.4. The third-order valence-corrected chi connectivity index (χ3v) is 4.94. The van der Waals surface area contributed by atoms with E-state index in [-0.39, 0.29) is 10.7 Å². The largest absolute Gasteiger partial charge is 0.368 e. The predicted molar refractivity (Wildman–Crippen MR) is 88.3 cm³/mol. The van der Waals surface area contributed by atoms with Crippen LogP contribution >= 0.6 is 0 Å². The lowest BCUT2D eigenvalue weighted by Gasteiger charge is -2.13. The summed E-state index contributed by atoms with van der Waals surface area (Å²) in [7, 11) is -0.781. The van der Waals surface area contributed by atoms with E-state index >= 15 is 0 Å². The molecule has 0 bridgehead atoms. The number of nitrogens with one attached hydrogen (secondary N) is 1. The van der Waals surface area contributed by atoms with Gasteiger partial charge in [0.15, 0.2) is 5.82 Å². The fraction of sp³-hybridized carbons (Fsp3) is 0.600. The van der Waals surface area contributed by atoms with Gasteiger partial charge in [-0.25, -0.2) is 9.50 Å². The summed E-state index contributed by atoms with van der Waals surface area (Å²) in [6.45, 7) is 9.19. The Labute approximate surface area is 128 Å². The number of rotatable bonds is 5. The Balaban J connectivity index is 2.17. The van der Waals surface area contributed by atoms with Crippen molar-refractivity contribution in [3.8, 4) is 0 Å². The van der Waals surface area contributed by atoms with Crippen molar-refractivity contribution in [2.24, 2.45) is 0 Å². The van der Waals surface area contributed by atoms with Crippen LogP contribution in [0.1, 0.15) is 39.8 Å². The highest BCUT2D eigenvalue weighted by Crippen LogP contribution is 2.24. The second-order valence-corrected chi connectivity index (χ2v) is 8.21. The van der Waals surface area contributed by atoms with Gasteiger partial charge in [0.05, 0.1) is 5.69 Å². The molecule has 0 saturated heterocycles. The molecule has 2 aromatic rings. The second-order valence-electron chi connectivity index (χ2n) is 6.41. The maximum absolute atomic E-state index is 11.4. The van der Waals surface area contributed by atoms with Crippen LogP contribution in [0.4, 0.5) is 5.82 Å². The molecule has 5 nitrogen and oxygen atoms in total. The maximum Gasteiger partial charge on any atom is 0.152 e. The van der Waals surface area contributed by atoms with Crippen LogP contribution in [0.5, 0.6) is 0 Å². The van der Waals surface area contributed by atoms with Gasteiger partial charge in [-0.1, -0.05) is 27.7 Å². The SMILES string of the molecule is CC(CCNc1nccn2nc(C(C)(C)C)cc12)S(C)=O. The van der Waals surface area contributed by atoms with Crippen LogP contribution < -0.4 is 5.32 Å². The molecule has 21 heavy (non-hydrogen) atoms. The third kappa shape index (κ3) is 3.81. The average Bonchev–Trinajstić information content (AvgIpc) is 2.83. The van der Waals surface area contributed by atoms with E-state index in [4.69, 9.17) is 0 Å². The van der Waals surface area contributed by atoms with E-state index in [2.05, 4.69) is 42.2 Å². The van der Waals surface area contributed by atoms with E-state index in [9.17, 15) is 4.21 Å². The van der Waals surface area contributed by atoms with Crippen molar-refractivity contribution < 1.29 is 4.21 Å². The smallest absolute Gasteiger partial charge is 0.152 e. The summed E-state index contributed by atoms with van der Waals surface area (Å²) in [5, 5.41) is 8.12. The van der Waals surface area contributed by atoms with Crippen molar-refractivity contribution in [2.75, 3.05) is 18.1 Å². The Kier molecular flexibility index (Phi) is 4.66. The van der Waals surface area contributed by atoms with Crippen LogP contribution in [-0.4, -0.2) is 36.9 Å². The zero-order valence-electron chi connectivity index (χ0n) is 13.4. The Hall–Kier alpha value is -1.43. The first-order chi connectivity index (χ1) is 9.79. The minimum absolute atomic E-state index is 0.0108. The molecule has 0 spiro atoms. The summed E-state index contributed by atoms with van der Waals surface area (Å²) in [6.07, 6.45) is 6.21. The van der Waals surface area contributed by atoms with E-state index < -0.39 is 10.8 Å². The van der Waals surface area contributed by atoms with Gasteiger partial charge in [0.25, 0.3) is 0 Å². The predicted octanol–water partition coefficient (Wildman–Crippen LogP) is 2.60. The Morgan fingerprint density at radius 2 is 2.14 bits per heavy atom. The lowest BCUT2D eigenvalue weighted by atomic mass is 9.92. The fourth-order valence-corrected chi connectivity index (χ4v) is 2.43. The molecule has 2 atom stereocenters. The van der Waals surface area contributed by atoms with Crippen LogP contribution in [-0.2, 0) is 16.2 Å².